The van der Waals surface area contributed by atoms with Crippen molar-refractivity contribution in [2.45, 2.75) is 108 Å². The van der Waals surface area contributed by atoms with Crippen LogP contribution in [0.1, 0.15) is 116 Å². The topological polar surface area (TPSA) is 108 Å². The quantitative estimate of drug-likeness (QED) is 0.279. The van der Waals surface area contributed by atoms with Gasteiger partial charge in [-0.15, -0.1) is 0 Å². The predicted octanol–water partition coefficient (Wildman–Crippen LogP) is 6.46. The summed E-state index contributed by atoms with van der Waals surface area (Å²) in [7, 11) is 0. The van der Waals surface area contributed by atoms with Crippen LogP contribution in [0.2, 0.25) is 0 Å². The lowest BCUT2D eigenvalue weighted by Gasteiger charge is -2.50. The Morgan fingerprint density at radius 2 is 1.49 bits per heavy atom. The van der Waals surface area contributed by atoms with Gasteiger partial charge in [0.15, 0.2) is 6.29 Å². The van der Waals surface area contributed by atoms with E-state index >= 15 is 0 Å². The number of fused-ring (bicyclic) bond motifs is 2. The molecule has 2 saturated heterocycles. The number of anilines is 1. The van der Waals surface area contributed by atoms with Crippen LogP contribution in [0.4, 0.5) is 5.69 Å². The molecule has 3 aromatic rings. The van der Waals surface area contributed by atoms with Gasteiger partial charge in [-0.25, -0.2) is 4.90 Å². The highest BCUT2D eigenvalue weighted by molar-refractivity contribution is 6.34. The fourth-order valence-electron chi connectivity index (χ4n) is 8.20. The maximum atomic E-state index is 13.7. The number of carbonyl (C=O) groups is 3. The van der Waals surface area contributed by atoms with E-state index < -0.39 is 6.29 Å². The number of imide groups is 1. The Kier molecular flexibility index (Phi) is 9.45. The molecule has 9 nitrogen and oxygen atoms in total. The fraction of sp³-hybridized carbons (Fsp3) is 0.475. The zero-order valence-electron chi connectivity index (χ0n) is 28.6. The average Bonchev–Trinajstić information content (AvgIpc) is 3.36. The standard InChI is InChI=1S/C40H47N3O6/c1-40(2,3)41-36(45)34-21-18-26-8-4-7-11-33(26)42(34)23-30-22-35(27-14-12-25(24-44)13-15-27)49-39(48-30)28-16-19-29(20-17-28)43-37(46)31-9-5-6-10-32(31)38(43)47/h5-6,9-10,12-17,19-20,26,30,33-35,39,44H,4,7-8,11,18,21-24H2,1-3H3,(H,41,45)/t26-,30+,33-,34-,35-,39-/m1/s1. The van der Waals surface area contributed by atoms with E-state index in [0.717, 1.165) is 36.0 Å². The van der Waals surface area contributed by atoms with Crippen molar-refractivity contribution in [2.75, 3.05) is 11.4 Å². The molecule has 3 amide bonds. The van der Waals surface area contributed by atoms with Crippen molar-refractivity contribution < 1.29 is 29.0 Å². The van der Waals surface area contributed by atoms with Gasteiger partial charge in [-0.05, 0) is 87.8 Å². The number of amides is 3. The Balaban J connectivity index is 1.16. The number of aliphatic hydroxyl groups excluding tert-OH is 1. The summed E-state index contributed by atoms with van der Waals surface area (Å²) in [6.07, 6.45) is 6.02. The fourth-order valence-corrected chi connectivity index (χ4v) is 8.20. The summed E-state index contributed by atoms with van der Waals surface area (Å²) >= 11 is 0. The van der Waals surface area contributed by atoms with Gasteiger partial charge < -0.3 is 19.9 Å². The normalized spacial score (nSPS) is 27.5. The number of nitrogens with one attached hydrogen (secondary N) is 1. The maximum Gasteiger partial charge on any atom is 0.266 e. The second-order valence-electron chi connectivity index (χ2n) is 15.1. The van der Waals surface area contributed by atoms with Crippen molar-refractivity contribution in [3.05, 3.63) is 101 Å². The molecule has 3 aliphatic heterocycles. The number of carbonyl (C=O) groups excluding carboxylic acids is 3. The molecule has 9 heteroatoms. The molecule has 1 aliphatic carbocycles. The summed E-state index contributed by atoms with van der Waals surface area (Å²) in [6, 6.07) is 22.1. The van der Waals surface area contributed by atoms with E-state index in [9.17, 15) is 19.5 Å². The first-order valence-corrected chi connectivity index (χ1v) is 17.8. The van der Waals surface area contributed by atoms with E-state index in [-0.39, 0.29) is 48.1 Å². The molecular formula is C40H47N3O6. The zero-order chi connectivity index (χ0) is 34.3. The molecule has 0 bridgehead atoms. The second kappa shape index (κ2) is 13.8. The third-order valence-electron chi connectivity index (χ3n) is 10.6. The molecule has 0 unspecified atom stereocenters. The van der Waals surface area contributed by atoms with E-state index in [2.05, 4.69) is 10.2 Å². The molecular weight excluding hydrogens is 618 g/mol. The molecule has 3 aromatic carbocycles. The van der Waals surface area contributed by atoms with Crippen LogP contribution in [-0.4, -0.2) is 58.0 Å². The number of ether oxygens (including phenoxy) is 2. The first kappa shape index (κ1) is 33.6. The zero-order valence-corrected chi connectivity index (χ0v) is 28.6. The van der Waals surface area contributed by atoms with Gasteiger partial charge in [-0.1, -0.05) is 61.4 Å². The first-order chi connectivity index (χ1) is 23.6. The summed E-state index contributed by atoms with van der Waals surface area (Å²) in [4.78, 5) is 43.7. The Bertz CT molecular complexity index is 1650. The average molecular weight is 666 g/mol. The SMILES string of the molecule is CC(C)(C)NC(=O)[C@H]1CC[C@H]2CCCC[C@H]2N1C[C@@H]1C[C@H](c2ccc(CO)cc2)O[C@H](c2ccc(N3C(=O)c4ccccc4C3=O)cc2)O1. The van der Waals surface area contributed by atoms with Crippen molar-refractivity contribution in [3.8, 4) is 0 Å². The van der Waals surface area contributed by atoms with Gasteiger partial charge in [0, 0.05) is 30.1 Å². The van der Waals surface area contributed by atoms with E-state index in [1.807, 2.05) is 57.2 Å². The molecule has 2 N–H and O–H groups in total. The van der Waals surface area contributed by atoms with Crippen LogP contribution in [0, 0.1) is 5.92 Å². The predicted molar refractivity (Wildman–Crippen MR) is 186 cm³/mol. The van der Waals surface area contributed by atoms with Gasteiger partial charge >= 0.3 is 0 Å². The molecule has 49 heavy (non-hydrogen) atoms. The third-order valence-corrected chi connectivity index (χ3v) is 10.6. The first-order valence-electron chi connectivity index (χ1n) is 17.8. The molecule has 4 aliphatic rings. The molecule has 0 radical (unpaired) electrons. The number of likely N-dealkylation sites (tertiary alicyclic amines) is 1. The van der Waals surface area contributed by atoms with Crippen LogP contribution < -0.4 is 10.2 Å². The number of hydrogen-bond acceptors (Lipinski definition) is 7. The minimum absolute atomic E-state index is 0.0326. The molecule has 0 aromatic heterocycles. The number of benzene rings is 3. The van der Waals surface area contributed by atoms with Crippen LogP contribution in [0.5, 0.6) is 0 Å². The van der Waals surface area contributed by atoms with Gasteiger partial charge in [0.05, 0.1) is 41.7 Å². The minimum Gasteiger partial charge on any atom is -0.392 e. The lowest BCUT2D eigenvalue weighted by atomic mass is 9.75. The lowest BCUT2D eigenvalue weighted by Crippen LogP contribution is -2.61. The summed E-state index contributed by atoms with van der Waals surface area (Å²) in [5, 5.41) is 12.9. The maximum absolute atomic E-state index is 13.7. The number of hydrogen-bond donors (Lipinski definition) is 2. The summed E-state index contributed by atoms with van der Waals surface area (Å²) in [5.41, 5.74) is 3.58. The molecule has 7 rings (SSSR count). The molecule has 3 fully saturated rings. The highest BCUT2D eigenvalue weighted by Crippen LogP contribution is 2.42. The van der Waals surface area contributed by atoms with E-state index in [0.29, 0.717) is 41.7 Å². The van der Waals surface area contributed by atoms with E-state index in [1.165, 1.54) is 24.2 Å². The second-order valence-corrected chi connectivity index (χ2v) is 15.1. The smallest absolute Gasteiger partial charge is 0.266 e. The van der Waals surface area contributed by atoms with Crippen LogP contribution in [-0.2, 0) is 20.9 Å². The van der Waals surface area contributed by atoms with Crippen LogP contribution in [0.3, 0.4) is 0 Å². The number of rotatable bonds is 7. The van der Waals surface area contributed by atoms with Gasteiger partial charge in [-0.2, -0.15) is 0 Å². The highest BCUT2D eigenvalue weighted by Gasteiger charge is 2.44. The molecule has 1 saturated carbocycles. The van der Waals surface area contributed by atoms with Crippen LogP contribution >= 0.6 is 0 Å². The molecule has 258 valence electrons. The minimum atomic E-state index is -0.703. The summed E-state index contributed by atoms with van der Waals surface area (Å²) < 4.78 is 13.4. The van der Waals surface area contributed by atoms with Gasteiger partial charge in [-0.3, -0.25) is 19.3 Å². The number of aliphatic hydroxyl groups is 1. The van der Waals surface area contributed by atoms with Crippen molar-refractivity contribution in [3.63, 3.8) is 0 Å². The van der Waals surface area contributed by atoms with Gasteiger partial charge in [0.25, 0.3) is 11.8 Å². The number of piperidine rings is 1. The summed E-state index contributed by atoms with van der Waals surface area (Å²) in [6.45, 7) is 6.66. The Hall–Kier alpha value is -3.89. The van der Waals surface area contributed by atoms with Crippen LogP contribution in [0.15, 0.2) is 72.8 Å². The van der Waals surface area contributed by atoms with Crippen molar-refractivity contribution >= 4 is 23.4 Å². The Morgan fingerprint density at radius 1 is 0.837 bits per heavy atom. The number of nitrogens with zero attached hydrogens (tertiary/aromatic N) is 2. The van der Waals surface area contributed by atoms with Crippen molar-refractivity contribution in [1.29, 1.82) is 0 Å². The Labute approximate surface area is 288 Å². The van der Waals surface area contributed by atoms with Gasteiger partial charge in [0.1, 0.15) is 0 Å². The van der Waals surface area contributed by atoms with E-state index in [1.54, 1.807) is 36.4 Å². The monoisotopic (exact) mass is 665 g/mol. The van der Waals surface area contributed by atoms with Crippen molar-refractivity contribution in [2.24, 2.45) is 5.92 Å². The van der Waals surface area contributed by atoms with E-state index in [4.69, 9.17) is 9.47 Å². The third kappa shape index (κ3) is 6.95. The summed E-state index contributed by atoms with van der Waals surface area (Å²) in [5.74, 6) is -0.00486. The molecule has 0 spiro atoms. The highest BCUT2D eigenvalue weighted by atomic mass is 16.7. The largest absolute Gasteiger partial charge is 0.392 e. The Morgan fingerprint density at radius 3 is 2.14 bits per heavy atom. The lowest BCUT2D eigenvalue weighted by molar-refractivity contribution is -0.255. The van der Waals surface area contributed by atoms with Gasteiger partial charge in [0.2, 0.25) is 5.91 Å². The van der Waals surface area contributed by atoms with Crippen molar-refractivity contribution in [1.82, 2.24) is 10.2 Å². The molecule has 3 heterocycles. The molecule has 6 atom stereocenters. The van der Waals surface area contributed by atoms with Crippen LogP contribution in [0.25, 0.3) is 0 Å².